The van der Waals surface area contributed by atoms with Crippen molar-refractivity contribution < 1.29 is 22.8 Å². The first-order valence-corrected chi connectivity index (χ1v) is 21.8. The fraction of sp³-hybridized carbons (Fsp3) is 0.447. The SMILES string of the molecule is CC(C)c1cccc(C(C)C)c1N1[CH-]N(c2c(C(C)C)cccc2C(C)C)CC1.[CH2-][O+](c1ccc([N+](=O)[O-])cc1[CH]=[Ru]([Cl])[Cl])C(C)C. The van der Waals surface area contributed by atoms with E-state index in [9.17, 15) is 10.1 Å². The molecule has 0 radical (unpaired) electrons. The van der Waals surface area contributed by atoms with Gasteiger partial charge in [0, 0.05) is 24.5 Å². The second-order valence-electron chi connectivity index (χ2n) is 13.5. The molecule has 0 unspecified atom stereocenters. The molecule has 1 aliphatic heterocycles. The van der Waals surface area contributed by atoms with Crippen molar-refractivity contribution in [2.75, 3.05) is 22.9 Å². The van der Waals surface area contributed by atoms with Crippen molar-refractivity contribution in [3.05, 3.63) is 106 Å². The minimum atomic E-state index is -2.06. The number of halogens is 2. The van der Waals surface area contributed by atoms with Gasteiger partial charge < -0.3 is 9.80 Å². The summed E-state index contributed by atoms with van der Waals surface area (Å²) < 4.78 is 4.31. The molecule has 0 bridgehead atoms. The molecule has 0 saturated carbocycles. The second-order valence-corrected chi connectivity index (χ2v) is 19.2. The van der Waals surface area contributed by atoms with Crippen molar-refractivity contribution in [3.63, 3.8) is 0 Å². The molecular formula is C38H52Cl2N3O3Ru-. The molecule has 3 aromatic rings. The number of para-hydroxylation sites is 2. The van der Waals surface area contributed by atoms with Crippen LogP contribution in [0.1, 0.15) is 121 Å². The molecule has 1 aliphatic rings. The van der Waals surface area contributed by atoms with E-state index in [0.717, 1.165) is 13.1 Å². The van der Waals surface area contributed by atoms with E-state index in [4.69, 9.17) is 19.4 Å². The van der Waals surface area contributed by atoms with Crippen LogP contribution in [-0.4, -0.2) is 28.7 Å². The zero-order valence-corrected chi connectivity index (χ0v) is 32.8. The summed E-state index contributed by atoms with van der Waals surface area (Å²) in [4.78, 5) is 15.3. The van der Waals surface area contributed by atoms with Gasteiger partial charge in [0.2, 0.25) is 0 Å². The molecule has 1 fully saturated rings. The summed E-state index contributed by atoms with van der Waals surface area (Å²) in [5.41, 5.74) is 9.30. The van der Waals surface area contributed by atoms with Crippen LogP contribution in [0, 0.1) is 23.9 Å². The van der Waals surface area contributed by atoms with Gasteiger partial charge in [-0.15, -0.1) is 0 Å². The van der Waals surface area contributed by atoms with Gasteiger partial charge in [0.05, 0.1) is 0 Å². The molecule has 6 nitrogen and oxygen atoms in total. The van der Waals surface area contributed by atoms with E-state index in [1.807, 2.05) is 13.8 Å². The molecule has 3 aromatic carbocycles. The Hall–Kier alpha value is -2.47. The molecule has 0 atom stereocenters. The van der Waals surface area contributed by atoms with Gasteiger partial charge in [0.15, 0.2) is 0 Å². The standard InChI is InChI=1S/C27H39N2.C11H13NO3.2ClH.Ru/c1-18(2)22-11-9-12-23(19(3)4)26(22)28-15-16-29(17-28)27-24(20(5)6)13-10-14-25(27)21(7)8;1-8(2)15(4)11-6-5-10(12(13)14)7-9(11)3;;;/h9-14,17-21H,15-16H2,1-8H3;3,5-8H,4H2,1-2H3;2*1H;/q-1;;;;+2/p-2. The topological polar surface area (TPSA) is 52.3 Å². The number of anilines is 2. The molecule has 47 heavy (non-hydrogen) atoms. The molecule has 4 rings (SSSR count). The van der Waals surface area contributed by atoms with Crippen molar-refractivity contribution in [1.29, 1.82) is 0 Å². The molecular weight excluding hydrogens is 718 g/mol. The summed E-state index contributed by atoms with van der Waals surface area (Å²) >= 11 is -2.06. The monoisotopic (exact) mass is 770 g/mol. The first-order chi connectivity index (χ1) is 22.0. The van der Waals surface area contributed by atoms with E-state index in [0.29, 0.717) is 35.0 Å². The van der Waals surface area contributed by atoms with Gasteiger partial charge in [-0.2, -0.15) is 6.67 Å². The van der Waals surface area contributed by atoms with Gasteiger partial charge >= 0.3 is 119 Å². The van der Waals surface area contributed by atoms with Crippen molar-refractivity contribution >= 4 is 41.1 Å². The number of hydrogen-bond acceptors (Lipinski definition) is 4. The minimum absolute atomic E-state index is 0.00603. The van der Waals surface area contributed by atoms with Crippen LogP contribution >= 0.6 is 19.4 Å². The van der Waals surface area contributed by atoms with E-state index < -0.39 is 18.4 Å². The Morgan fingerprint density at radius 1 is 0.787 bits per heavy atom. The van der Waals surface area contributed by atoms with Crippen molar-refractivity contribution in [3.8, 4) is 5.75 Å². The Kier molecular flexibility index (Phi) is 14.3. The van der Waals surface area contributed by atoms with E-state index >= 15 is 0 Å². The summed E-state index contributed by atoms with van der Waals surface area (Å²) in [6.45, 7) is 26.8. The summed E-state index contributed by atoms with van der Waals surface area (Å²) in [5, 5.41) is 10.8. The third-order valence-electron chi connectivity index (χ3n) is 8.36. The number of hydrogen-bond donors (Lipinski definition) is 0. The Balaban J connectivity index is 0.000000287. The van der Waals surface area contributed by atoms with Crippen LogP contribution in [0.2, 0.25) is 0 Å². The van der Waals surface area contributed by atoms with Crippen molar-refractivity contribution in [2.45, 2.75) is 99.0 Å². The summed E-state index contributed by atoms with van der Waals surface area (Å²) in [6.07, 6.45) is 0.0879. The van der Waals surface area contributed by atoms with Gasteiger partial charge in [-0.05, 0) is 45.9 Å². The summed E-state index contributed by atoms with van der Waals surface area (Å²) in [5.74, 6) is 2.76. The first kappa shape index (κ1) is 39.0. The van der Waals surface area contributed by atoms with E-state index in [1.165, 1.54) is 45.8 Å². The third-order valence-corrected chi connectivity index (χ3v) is 10.2. The quantitative estimate of drug-likeness (QED) is 0.0677. The van der Waals surface area contributed by atoms with Crippen LogP contribution in [0.3, 0.4) is 0 Å². The summed E-state index contributed by atoms with van der Waals surface area (Å²) in [6, 6.07) is 18.2. The molecule has 9 heteroatoms. The molecule has 0 aromatic heterocycles. The van der Waals surface area contributed by atoms with Gasteiger partial charge in [-0.25, -0.2) is 0 Å². The zero-order chi connectivity index (χ0) is 35.2. The maximum absolute atomic E-state index is 10.8. The van der Waals surface area contributed by atoms with Gasteiger partial charge in [-0.3, -0.25) is 0 Å². The number of benzene rings is 3. The van der Waals surface area contributed by atoms with Crippen LogP contribution in [0.15, 0.2) is 54.6 Å². The molecule has 260 valence electrons. The average molecular weight is 771 g/mol. The molecule has 0 amide bonds. The van der Waals surface area contributed by atoms with Gasteiger partial charge in [-0.1, -0.05) is 91.8 Å². The van der Waals surface area contributed by atoms with Crippen molar-refractivity contribution in [1.82, 2.24) is 0 Å². The first-order valence-electron chi connectivity index (χ1n) is 16.3. The zero-order valence-electron chi connectivity index (χ0n) is 29.5. The molecule has 0 spiro atoms. The van der Waals surface area contributed by atoms with Crippen LogP contribution in [-0.2, 0) is 17.9 Å². The predicted molar refractivity (Wildman–Crippen MR) is 199 cm³/mol. The molecule has 0 N–H and O–H groups in total. The average Bonchev–Trinajstić information content (AvgIpc) is 3.49. The third kappa shape index (κ3) is 9.80. The Labute approximate surface area is 296 Å². The number of rotatable bonds is 10. The van der Waals surface area contributed by atoms with Crippen molar-refractivity contribution in [2.24, 2.45) is 0 Å². The molecule has 1 saturated heterocycles. The Morgan fingerprint density at radius 2 is 1.19 bits per heavy atom. The fourth-order valence-corrected chi connectivity index (χ4v) is 7.61. The van der Waals surface area contributed by atoms with Crippen LogP contribution in [0.4, 0.5) is 17.1 Å². The van der Waals surface area contributed by atoms with Gasteiger partial charge in [0.1, 0.15) is 0 Å². The molecule has 0 aliphatic carbocycles. The normalized spacial score (nSPS) is 13.5. The summed E-state index contributed by atoms with van der Waals surface area (Å²) in [7, 11) is 15.5. The number of nitrogens with zero attached hydrogens (tertiary/aromatic N) is 3. The van der Waals surface area contributed by atoms with E-state index in [1.54, 1.807) is 10.7 Å². The van der Waals surface area contributed by atoms with E-state index in [-0.39, 0.29) is 11.8 Å². The van der Waals surface area contributed by atoms with Crippen LogP contribution < -0.4 is 9.80 Å². The second kappa shape index (κ2) is 17.3. The van der Waals surface area contributed by atoms with Crippen LogP contribution in [0.25, 0.3) is 0 Å². The van der Waals surface area contributed by atoms with Crippen LogP contribution in [0.5, 0.6) is 5.75 Å². The Bertz CT molecular complexity index is 1430. The van der Waals surface area contributed by atoms with Gasteiger partial charge in [0.25, 0.3) is 0 Å². The number of nitro benzene ring substituents is 1. The number of non-ortho nitro benzene ring substituents is 1. The number of nitro groups is 1. The predicted octanol–water partition coefficient (Wildman–Crippen LogP) is 11.8. The molecule has 1 heterocycles. The van der Waals surface area contributed by atoms with E-state index in [2.05, 4.69) is 120 Å². The fourth-order valence-electron chi connectivity index (χ4n) is 5.83. The Morgan fingerprint density at radius 3 is 1.51 bits per heavy atom. The maximum atomic E-state index is 10.8.